The Hall–Kier alpha value is -0.780. The van der Waals surface area contributed by atoms with Crippen LogP contribution in [0, 0.1) is 0 Å². The molecule has 102 valence electrons. The van der Waals surface area contributed by atoms with Gasteiger partial charge in [0, 0.05) is 11.8 Å². The van der Waals surface area contributed by atoms with Gasteiger partial charge in [-0.25, -0.2) is 0 Å². The lowest BCUT2D eigenvalue weighted by molar-refractivity contribution is 0.114. The lowest BCUT2D eigenvalue weighted by Crippen LogP contribution is -2.15. The Kier molecular flexibility index (Phi) is 7.08. The highest BCUT2D eigenvalue weighted by Gasteiger charge is 2.02. The maximum Gasteiger partial charge on any atom is 0.262 e. The first-order valence-corrected chi connectivity index (χ1v) is 7.17. The van der Waals surface area contributed by atoms with Gasteiger partial charge in [-0.1, -0.05) is 31.4 Å². The molecule has 6 heteroatoms. The average Bonchev–Trinajstić information content (AvgIpc) is 2.65. The number of nitrogens with one attached hydrogen (secondary N) is 1. The second-order valence-electron chi connectivity index (χ2n) is 3.93. The average molecular weight is 291 g/mol. The van der Waals surface area contributed by atoms with Crippen molar-refractivity contribution < 1.29 is 4.84 Å². The van der Waals surface area contributed by atoms with Gasteiger partial charge in [-0.05, 0) is 30.5 Å². The van der Waals surface area contributed by atoms with Crippen LogP contribution in [0.2, 0.25) is 4.34 Å². The molecule has 0 atom stereocenters. The molecule has 0 aliphatic rings. The van der Waals surface area contributed by atoms with Gasteiger partial charge in [0.15, 0.2) is 0 Å². The van der Waals surface area contributed by atoms with Crippen molar-refractivity contribution in [1.82, 2.24) is 9.44 Å². The summed E-state index contributed by atoms with van der Waals surface area (Å²) in [6.45, 7) is 2.69. The first-order chi connectivity index (χ1) is 8.67. The summed E-state index contributed by atoms with van der Waals surface area (Å²) in [5.74, 6) is 0. The fourth-order valence-electron chi connectivity index (χ4n) is 1.56. The van der Waals surface area contributed by atoms with Gasteiger partial charge in [0.05, 0.1) is 13.7 Å². The van der Waals surface area contributed by atoms with Gasteiger partial charge in [-0.3, -0.25) is 19.1 Å². The summed E-state index contributed by atoms with van der Waals surface area (Å²) in [6, 6.07) is 1.43. The van der Waals surface area contributed by atoms with Gasteiger partial charge in [0.25, 0.3) is 5.56 Å². The standard InChI is InChI=1S/C12H19ClN2O2S/c1-3-4-5-6-10(14-17-2)7-8-15-12(16)9-11(13)18-15/h7,9,14H,3-6,8H2,1-2H3. The van der Waals surface area contributed by atoms with Crippen LogP contribution in [-0.4, -0.2) is 11.1 Å². The SMILES string of the molecule is CCCCCC(=CCn1sc(Cl)cc1=O)NOC. The van der Waals surface area contributed by atoms with Gasteiger partial charge in [-0.2, -0.15) is 0 Å². The van der Waals surface area contributed by atoms with E-state index in [-0.39, 0.29) is 5.56 Å². The van der Waals surface area contributed by atoms with Gasteiger partial charge in [0.1, 0.15) is 4.34 Å². The highest BCUT2D eigenvalue weighted by Crippen LogP contribution is 2.13. The van der Waals surface area contributed by atoms with Gasteiger partial charge >= 0.3 is 0 Å². The number of nitrogens with zero attached hydrogens (tertiary/aromatic N) is 1. The lowest BCUT2D eigenvalue weighted by atomic mass is 10.1. The second-order valence-corrected chi connectivity index (χ2v) is 5.63. The van der Waals surface area contributed by atoms with E-state index in [0.29, 0.717) is 10.9 Å². The topological polar surface area (TPSA) is 43.3 Å². The van der Waals surface area contributed by atoms with Crippen molar-refractivity contribution in [3.8, 4) is 0 Å². The first kappa shape index (κ1) is 15.3. The van der Waals surface area contributed by atoms with Crippen LogP contribution in [0.25, 0.3) is 0 Å². The zero-order valence-electron chi connectivity index (χ0n) is 10.7. The predicted octanol–water partition coefficient (Wildman–Crippen LogP) is 3.18. The van der Waals surface area contributed by atoms with E-state index in [9.17, 15) is 4.79 Å². The van der Waals surface area contributed by atoms with Crippen molar-refractivity contribution in [1.29, 1.82) is 0 Å². The van der Waals surface area contributed by atoms with Crippen LogP contribution < -0.4 is 11.0 Å². The molecule has 0 unspecified atom stereocenters. The Morgan fingerprint density at radius 3 is 2.94 bits per heavy atom. The Balaban J connectivity index is 2.59. The molecule has 1 heterocycles. The van der Waals surface area contributed by atoms with E-state index in [2.05, 4.69) is 12.4 Å². The molecule has 4 nitrogen and oxygen atoms in total. The van der Waals surface area contributed by atoms with E-state index in [1.165, 1.54) is 30.4 Å². The van der Waals surface area contributed by atoms with Gasteiger partial charge < -0.3 is 0 Å². The summed E-state index contributed by atoms with van der Waals surface area (Å²) in [5, 5.41) is 0. The number of hydroxylamine groups is 1. The summed E-state index contributed by atoms with van der Waals surface area (Å²) in [7, 11) is 1.59. The van der Waals surface area contributed by atoms with E-state index in [4.69, 9.17) is 16.4 Å². The molecule has 1 aromatic rings. The molecule has 0 aromatic carbocycles. The molecule has 0 bridgehead atoms. The molecule has 0 radical (unpaired) electrons. The fraction of sp³-hybridized carbons (Fsp3) is 0.583. The van der Waals surface area contributed by atoms with E-state index >= 15 is 0 Å². The zero-order chi connectivity index (χ0) is 13.4. The van der Waals surface area contributed by atoms with E-state index in [1.54, 1.807) is 11.1 Å². The Labute approximate surface area is 116 Å². The zero-order valence-corrected chi connectivity index (χ0v) is 12.3. The Morgan fingerprint density at radius 1 is 1.61 bits per heavy atom. The lowest BCUT2D eigenvalue weighted by Gasteiger charge is -2.08. The van der Waals surface area contributed by atoms with Crippen LogP contribution in [0.5, 0.6) is 0 Å². The fourth-order valence-corrected chi connectivity index (χ4v) is 2.56. The highest BCUT2D eigenvalue weighted by molar-refractivity contribution is 7.11. The van der Waals surface area contributed by atoms with Crippen molar-refractivity contribution in [2.24, 2.45) is 0 Å². The predicted molar refractivity (Wildman–Crippen MR) is 76.0 cm³/mol. The summed E-state index contributed by atoms with van der Waals surface area (Å²) in [5.41, 5.74) is 3.79. The van der Waals surface area contributed by atoms with Crippen LogP contribution in [0.15, 0.2) is 22.6 Å². The molecule has 0 aliphatic carbocycles. The Morgan fingerprint density at radius 2 is 2.39 bits per heavy atom. The number of hydrogen-bond donors (Lipinski definition) is 1. The smallest absolute Gasteiger partial charge is 0.262 e. The molecule has 0 spiro atoms. The second kappa shape index (κ2) is 8.34. The monoisotopic (exact) mass is 290 g/mol. The third kappa shape index (κ3) is 5.25. The third-order valence-electron chi connectivity index (χ3n) is 2.47. The van der Waals surface area contributed by atoms with Crippen LogP contribution >= 0.6 is 23.1 Å². The molecular formula is C12H19ClN2O2S. The summed E-state index contributed by atoms with van der Waals surface area (Å²) in [4.78, 5) is 16.4. The van der Waals surface area contributed by atoms with Crippen molar-refractivity contribution in [2.75, 3.05) is 7.11 Å². The molecule has 1 rings (SSSR count). The number of rotatable bonds is 8. The maximum atomic E-state index is 11.5. The summed E-state index contributed by atoms with van der Waals surface area (Å²) >= 11 is 7.04. The third-order valence-corrected chi connectivity index (χ3v) is 3.62. The Bertz CT molecular complexity index is 440. The molecule has 0 aliphatic heterocycles. The van der Waals surface area contributed by atoms with Gasteiger partial charge in [-0.15, -0.1) is 0 Å². The molecule has 0 fully saturated rings. The summed E-state index contributed by atoms with van der Waals surface area (Å²) in [6.07, 6.45) is 6.37. The van der Waals surface area contributed by atoms with Crippen LogP contribution in [0.1, 0.15) is 32.6 Å². The van der Waals surface area contributed by atoms with Gasteiger partial charge in [0.2, 0.25) is 0 Å². The molecule has 0 amide bonds. The molecule has 1 aromatic heterocycles. The van der Waals surface area contributed by atoms with Crippen molar-refractivity contribution in [3.63, 3.8) is 0 Å². The van der Waals surface area contributed by atoms with Crippen LogP contribution in [0.4, 0.5) is 0 Å². The van der Waals surface area contributed by atoms with Crippen molar-refractivity contribution in [2.45, 2.75) is 39.2 Å². The highest BCUT2D eigenvalue weighted by atomic mass is 35.5. The molecule has 18 heavy (non-hydrogen) atoms. The van der Waals surface area contributed by atoms with E-state index in [0.717, 1.165) is 18.5 Å². The van der Waals surface area contributed by atoms with Crippen molar-refractivity contribution in [3.05, 3.63) is 32.5 Å². The number of hydrogen-bond acceptors (Lipinski definition) is 4. The quantitative estimate of drug-likeness (QED) is 0.591. The normalized spacial score (nSPS) is 11.8. The number of unbranched alkanes of at least 4 members (excludes halogenated alkanes) is 2. The molecule has 0 saturated carbocycles. The summed E-state index contributed by atoms with van der Waals surface area (Å²) < 4.78 is 2.13. The molecule has 1 N–H and O–H groups in total. The minimum absolute atomic E-state index is 0.0634. The molecular weight excluding hydrogens is 272 g/mol. The van der Waals surface area contributed by atoms with Crippen molar-refractivity contribution >= 4 is 23.1 Å². The van der Waals surface area contributed by atoms with Crippen LogP contribution in [-0.2, 0) is 11.4 Å². The maximum absolute atomic E-state index is 11.5. The number of aromatic nitrogens is 1. The minimum Gasteiger partial charge on any atom is -0.280 e. The minimum atomic E-state index is -0.0634. The van der Waals surface area contributed by atoms with Crippen LogP contribution in [0.3, 0.4) is 0 Å². The first-order valence-electron chi connectivity index (χ1n) is 6.02. The number of halogens is 1. The van der Waals surface area contributed by atoms with E-state index in [1.807, 2.05) is 6.08 Å². The van der Waals surface area contributed by atoms with E-state index < -0.39 is 0 Å². The molecule has 0 saturated heterocycles. The number of allylic oxidation sites excluding steroid dienone is 2. The largest absolute Gasteiger partial charge is 0.280 e.